The van der Waals surface area contributed by atoms with Gasteiger partial charge in [0, 0.05) is 6.92 Å². The van der Waals surface area contributed by atoms with Crippen LogP contribution in [0, 0.1) is 0 Å². The molecule has 82 valence electrons. The van der Waals surface area contributed by atoms with E-state index in [1.807, 2.05) is 30.3 Å². The fraction of sp³-hybridized carbons (Fsp3) is 0.167. The van der Waals surface area contributed by atoms with Crippen molar-refractivity contribution in [3.63, 3.8) is 0 Å². The summed E-state index contributed by atoms with van der Waals surface area (Å²) in [5.74, 6) is -0.120. The van der Waals surface area contributed by atoms with Crippen molar-refractivity contribution < 1.29 is 14.3 Å². The lowest BCUT2D eigenvalue weighted by atomic mass is 10.2. The van der Waals surface area contributed by atoms with Crippen molar-refractivity contribution in [1.82, 2.24) is 0 Å². The standard InChI is InChI=1S/C12H11NO3/c1-9-13-11(12(14)16-9)8-15-7-10-5-3-2-4-6-10/h2-6,8H,7H2,1H3. The van der Waals surface area contributed by atoms with Crippen LogP contribution in [-0.2, 0) is 20.9 Å². The third kappa shape index (κ3) is 2.48. The number of benzene rings is 1. The van der Waals surface area contributed by atoms with Gasteiger partial charge in [-0.15, -0.1) is 0 Å². The largest absolute Gasteiger partial charge is 0.494 e. The Morgan fingerprint density at radius 1 is 1.38 bits per heavy atom. The van der Waals surface area contributed by atoms with Gasteiger partial charge in [0.15, 0.2) is 11.6 Å². The first-order valence-corrected chi connectivity index (χ1v) is 4.89. The Hall–Kier alpha value is -2.10. The van der Waals surface area contributed by atoms with Crippen molar-refractivity contribution in [2.75, 3.05) is 0 Å². The molecule has 0 aromatic heterocycles. The van der Waals surface area contributed by atoms with Crippen LogP contribution < -0.4 is 0 Å². The fourth-order valence-corrected chi connectivity index (χ4v) is 1.29. The van der Waals surface area contributed by atoms with Crippen LogP contribution in [0.1, 0.15) is 12.5 Å². The molecule has 0 fully saturated rings. The molecular formula is C12H11NO3. The first kappa shape index (κ1) is 10.4. The van der Waals surface area contributed by atoms with E-state index in [0.29, 0.717) is 12.5 Å². The zero-order chi connectivity index (χ0) is 11.4. The molecule has 0 N–H and O–H groups in total. The Bertz CT molecular complexity index is 449. The van der Waals surface area contributed by atoms with Gasteiger partial charge in [0.1, 0.15) is 12.9 Å². The molecule has 1 aromatic carbocycles. The second-order valence-corrected chi connectivity index (χ2v) is 3.32. The van der Waals surface area contributed by atoms with Crippen molar-refractivity contribution in [2.24, 2.45) is 4.99 Å². The van der Waals surface area contributed by atoms with Gasteiger partial charge >= 0.3 is 5.97 Å². The van der Waals surface area contributed by atoms with Gasteiger partial charge in [-0.1, -0.05) is 30.3 Å². The molecule has 0 spiro atoms. The number of esters is 1. The van der Waals surface area contributed by atoms with Gasteiger partial charge in [0.2, 0.25) is 0 Å². The number of aliphatic imine (C=N–C) groups is 1. The Balaban J connectivity index is 1.93. The molecular weight excluding hydrogens is 206 g/mol. The number of rotatable bonds is 3. The number of cyclic esters (lactones) is 1. The van der Waals surface area contributed by atoms with Gasteiger partial charge in [-0.3, -0.25) is 0 Å². The minimum Gasteiger partial charge on any atom is -0.494 e. The molecule has 0 radical (unpaired) electrons. The lowest BCUT2D eigenvalue weighted by molar-refractivity contribution is -0.130. The molecule has 0 saturated carbocycles. The van der Waals surface area contributed by atoms with Crippen LogP contribution in [0.25, 0.3) is 0 Å². The monoisotopic (exact) mass is 217 g/mol. The maximum atomic E-state index is 11.1. The molecule has 4 heteroatoms. The highest BCUT2D eigenvalue weighted by molar-refractivity contribution is 6.03. The number of ether oxygens (including phenoxy) is 2. The Morgan fingerprint density at radius 3 is 2.75 bits per heavy atom. The molecule has 0 bridgehead atoms. The van der Waals surface area contributed by atoms with E-state index in [1.54, 1.807) is 6.92 Å². The summed E-state index contributed by atoms with van der Waals surface area (Å²) in [6, 6.07) is 9.68. The van der Waals surface area contributed by atoms with Crippen LogP contribution in [0.3, 0.4) is 0 Å². The zero-order valence-corrected chi connectivity index (χ0v) is 8.84. The summed E-state index contributed by atoms with van der Waals surface area (Å²) < 4.78 is 9.99. The first-order chi connectivity index (χ1) is 7.75. The second-order valence-electron chi connectivity index (χ2n) is 3.32. The van der Waals surface area contributed by atoms with Crippen LogP contribution in [0.15, 0.2) is 47.3 Å². The Labute approximate surface area is 93.2 Å². The van der Waals surface area contributed by atoms with E-state index in [-0.39, 0.29) is 5.70 Å². The average molecular weight is 217 g/mol. The van der Waals surface area contributed by atoms with E-state index in [0.717, 1.165) is 5.56 Å². The van der Waals surface area contributed by atoms with E-state index in [9.17, 15) is 4.79 Å². The second kappa shape index (κ2) is 4.61. The molecule has 0 atom stereocenters. The van der Waals surface area contributed by atoms with E-state index in [2.05, 4.69) is 4.99 Å². The van der Waals surface area contributed by atoms with Gasteiger partial charge in [-0.25, -0.2) is 9.79 Å². The summed E-state index contributed by atoms with van der Waals surface area (Å²) >= 11 is 0. The molecule has 1 aliphatic heterocycles. The summed E-state index contributed by atoms with van der Waals surface area (Å²) in [7, 11) is 0. The predicted molar refractivity (Wildman–Crippen MR) is 58.5 cm³/mol. The van der Waals surface area contributed by atoms with Crippen molar-refractivity contribution >= 4 is 11.9 Å². The Kier molecular flexibility index (Phi) is 3.00. The molecule has 16 heavy (non-hydrogen) atoms. The van der Waals surface area contributed by atoms with Crippen molar-refractivity contribution in [3.8, 4) is 0 Å². The molecule has 1 heterocycles. The van der Waals surface area contributed by atoms with Crippen LogP contribution in [0.4, 0.5) is 0 Å². The van der Waals surface area contributed by atoms with Crippen LogP contribution in [0.2, 0.25) is 0 Å². The smallest absolute Gasteiger partial charge is 0.366 e. The number of carbonyl (C=O) groups is 1. The van der Waals surface area contributed by atoms with Crippen LogP contribution in [-0.4, -0.2) is 11.9 Å². The molecule has 4 nitrogen and oxygen atoms in total. The lowest BCUT2D eigenvalue weighted by Crippen LogP contribution is -2.00. The normalized spacial score (nSPS) is 17.2. The fourth-order valence-electron chi connectivity index (χ4n) is 1.29. The first-order valence-electron chi connectivity index (χ1n) is 4.89. The van der Waals surface area contributed by atoms with Gasteiger partial charge in [0.05, 0.1) is 0 Å². The number of nitrogens with zero attached hydrogens (tertiary/aromatic N) is 1. The summed E-state index contributed by atoms with van der Waals surface area (Å²) in [6.45, 7) is 2.03. The highest BCUT2D eigenvalue weighted by Crippen LogP contribution is 2.11. The van der Waals surface area contributed by atoms with Crippen molar-refractivity contribution in [3.05, 3.63) is 47.9 Å². The van der Waals surface area contributed by atoms with Crippen molar-refractivity contribution in [2.45, 2.75) is 13.5 Å². The highest BCUT2D eigenvalue weighted by Gasteiger charge is 2.19. The summed E-state index contributed by atoms with van der Waals surface area (Å²) in [4.78, 5) is 15.0. The van der Waals surface area contributed by atoms with E-state index in [1.165, 1.54) is 6.26 Å². The molecule has 0 aliphatic carbocycles. The zero-order valence-electron chi connectivity index (χ0n) is 8.84. The molecule has 0 saturated heterocycles. The van der Waals surface area contributed by atoms with Gasteiger partial charge in [0.25, 0.3) is 0 Å². The molecule has 0 amide bonds. The summed E-state index contributed by atoms with van der Waals surface area (Å²) in [5.41, 5.74) is 1.24. The maximum absolute atomic E-state index is 11.1. The maximum Gasteiger partial charge on any atom is 0.366 e. The molecule has 2 rings (SSSR count). The van der Waals surface area contributed by atoms with Gasteiger partial charge in [-0.2, -0.15) is 0 Å². The summed E-state index contributed by atoms with van der Waals surface area (Å²) in [5, 5.41) is 0. The van der Waals surface area contributed by atoms with Crippen molar-refractivity contribution in [1.29, 1.82) is 0 Å². The van der Waals surface area contributed by atoms with Crippen LogP contribution >= 0.6 is 0 Å². The number of hydrogen-bond acceptors (Lipinski definition) is 4. The quantitative estimate of drug-likeness (QED) is 0.442. The van der Waals surface area contributed by atoms with Crippen LogP contribution in [0.5, 0.6) is 0 Å². The predicted octanol–water partition coefficient (Wildman–Crippen LogP) is 2.02. The minimum atomic E-state index is -0.467. The van der Waals surface area contributed by atoms with Gasteiger partial charge < -0.3 is 9.47 Å². The minimum absolute atomic E-state index is 0.202. The van der Waals surface area contributed by atoms with E-state index < -0.39 is 5.97 Å². The third-order valence-electron chi connectivity index (χ3n) is 2.02. The highest BCUT2D eigenvalue weighted by atomic mass is 16.6. The molecule has 1 aliphatic rings. The lowest BCUT2D eigenvalue weighted by Gasteiger charge is -2.00. The van der Waals surface area contributed by atoms with E-state index in [4.69, 9.17) is 9.47 Å². The Morgan fingerprint density at radius 2 is 2.12 bits per heavy atom. The van der Waals surface area contributed by atoms with Gasteiger partial charge in [-0.05, 0) is 5.56 Å². The third-order valence-corrected chi connectivity index (χ3v) is 2.02. The average Bonchev–Trinajstić information content (AvgIpc) is 2.59. The SMILES string of the molecule is CC1=NC(=COCc2ccccc2)C(=O)O1. The van der Waals surface area contributed by atoms with E-state index >= 15 is 0 Å². The number of hydrogen-bond donors (Lipinski definition) is 0. The summed E-state index contributed by atoms with van der Waals surface area (Å²) in [6.07, 6.45) is 1.33. The molecule has 0 unspecified atom stereocenters. The topological polar surface area (TPSA) is 47.9 Å². The molecule has 1 aromatic rings. The number of carbonyl (C=O) groups excluding carboxylic acids is 1.